The van der Waals surface area contributed by atoms with E-state index in [4.69, 9.17) is 4.98 Å². The van der Waals surface area contributed by atoms with Crippen LogP contribution in [0.2, 0.25) is 0 Å². The SMILES string of the molecule is Cc1nc2ccc(C(=O)N3CCCCC3)cc2c2c1NCC2CCc1ccccc1. The van der Waals surface area contributed by atoms with E-state index in [1.165, 1.54) is 23.2 Å². The van der Waals surface area contributed by atoms with Crippen LogP contribution in [-0.4, -0.2) is 35.4 Å². The fourth-order valence-corrected chi connectivity index (χ4v) is 5.03. The zero-order valence-electron chi connectivity index (χ0n) is 17.7. The minimum atomic E-state index is 0.165. The van der Waals surface area contributed by atoms with Gasteiger partial charge in [-0.05, 0) is 68.4 Å². The smallest absolute Gasteiger partial charge is 0.253 e. The van der Waals surface area contributed by atoms with Crippen LogP contribution in [0.3, 0.4) is 0 Å². The third-order valence-corrected chi connectivity index (χ3v) is 6.65. The number of benzene rings is 2. The third kappa shape index (κ3) is 3.55. The van der Waals surface area contributed by atoms with Crippen molar-refractivity contribution in [3.05, 3.63) is 70.9 Å². The lowest BCUT2D eigenvalue weighted by molar-refractivity contribution is 0.0724. The first-order valence-corrected chi connectivity index (χ1v) is 11.2. The highest BCUT2D eigenvalue weighted by atomic mass is 16.2. The lowest BCUT2D eigenvalue weighted by atomic mass is 9.90. The van der Waals surface area contributed by atoms with Crippen LogP contribution in [0.4, 0.5) is 5.69 Å². The van der Waals surface area contributed by atoms with E-state index in [0.717, 1.165) is 67.5 Å². The summed E-state index contributed by atoms with van der Waals surface area (Å²) in [6, 6.07) is 16.8. The van der Waals surface area contributed by atoms with E-state index in [9.17, 15) is 4.79 Å². The van der Waals surface area contributed by atoms with Crippen LogP contribution < -0.4 is 5.32 Å². The molecule has 3 heterocycles. The molecule has 1 amide bonds. The Kier molecular flexibility index (Phi) is 5.16. The van der Waals surface area contributed by atoms with E-state index < -0.39 is 0 Å². The Hall–Kier alpha value is -2.88. The molecule has 1 N–H and O–H groups in total. The van der Waals surface area contributed by atoms with Gasteiger partial charge in [0.2, 0.25) is 0 Å². The summed E-state index contributed by atoms with van der Waals surface area (Å²) in [5.74, 6) is 0.600. The van der Waals surface area contributed by atoms with Gasteiger partial charge in [-0.1, -0.05) is 30.3 Å². The van der Waals surface area contributed by atoms with Crippen LogP contribution in [0.25, 0.3) is 10.9 Å². The molecule has 1 atom stereocenters. The number of rotatable bonds is 4. The fraction of sp³-hybridized carbons (Fsp3) is 0.385. The summed E-state index contributed by atoms with van der Waals surface area (Å²) in [6.45, 7) is 4.77. The maximum Gasteiger partial charge on any atom is 0.253 e. The van der Waals surface area contributed by atoms with Crippen molar-refractivity contribution in [1.29, 1.82) is 0 Å². The topological polar surface area (TPSA) is 45.2 Å². The van der Waals surface area contributed by atoms with Crippen molar-refractivity contribution in [2.24, 2.45) is 0 Å². The van der Waals surface area contributed by atoms with Crippen molar-refractivity contribution in [2.75, 3.05) is 25.0 Å². The Morgan fingerprint density at radius 2 is 1.90 bits per heavy atom. The molecule has 0 saturated carbocycles. The summed E-state index contributed by atoms with van der Waals surface area (Å²) in [4.78, 5) is 19.9. The molecule has 154 valence electrons. The highest BCUT2D eigenvalue weighted by Crippen LogP contribution is 2.41. The zero-order chi connectivity index (χ0) is 20.5. The van der Waals surface area contributed by atoms with Crippen molar-refractivity contribution in [3.8, 4) is 0 Å². The fourth-order valence-electron chi connectivity index (χ4n) is 5.03. The number of piperidine rings is 1. The number of hydrogen-bond acceptors (Lipinski definition) is 3. The number of anilines is 1. The van der Waals surface area contributed by atoms with Crippen LogP contribution in [-0.2, 0) is 6.42 Å². The summed E-state index contributed by atoms with van der Waals surface area (Å²) in [6.07, 6.45) is 5.60. The number of pyridine rings is 1. The predicted molar refractivity (Wildman–Crippen MR) is 122 cm³/mol. The van der Waals surface area contributed by atoms with Gasteiger partial charge in [0.05, 0.1) is 16.9 Å². The van der Waals surface area contributed by atoms with Gasteiger partial charge >= 0.3 is 0 Å². The number of hydrogen-bond donors (Lipinski definition) is 1. The monoisotopic (exact) mass is 399 g/mol. The molecule has 0 spiro atoms. The molecule has 4 nitrogen and oxygen atoms in total. The number of carbonyl (C=O) groups excluding carboxylic acids is 1. The second-order valence-corrected chi connectivity index (χ2v) is 8.67. The van der Waals surface area contributed by atoms with Crippen LogP contribution in [0, 0.1) is 6.92 Å². The Balaban J connectivity index is 1.49. The number of aromatic nitrogens is 1. The average Bonchev–Trinajstić information content (AvgIpc) is 3.23. The number of carbonyl (C=O) groups is 1. The molecule has 2 aromatic carbocycles. The van der Waals surface area contributed by atoms with Gasteiger partial charge in [0.1, 0.15) is 0 Å². The Labute approximate surface area is 178 Å². The summed E-state index contributed by atoms with van der Waals surface area (Å²) in [5.41, 5.74) is 6.74. The number of nitrogens with zero attached hydrogens (tertiary/aromatic N) is 2. The molecule has 30 heavy (non-hydrogen) atoms. The minimum absolute atomic E-state index is 0.165. The van der Waals surface area contributed by atoms with E-state index in [-0.39, 0.29) is 5.91 Å². The van der Waals surface area contributed by atoms with Gasteiger partial charge in [0.25, 0.3) is 5.91 Å². The molecule has 1 saturated heterocycles. The second kappa shape index (κ2) is 8.10. The summed E-state index contributed by atoms with van der Waals surface area (Å²) < 4.78 is 0. The summed E-state index contributed by atoms with van der Waals surface area (Å²) >= 11 is 0. The van der Waals surface area contributed by atoms with E-state index >= 15 is 0 Å². The van der Waals surface area contributed by atoms with Crippen molar-refractivity contribution >= 4 is 22.5 Å². The van der Waals surface area contributed by atoms with E-state index in [1.54, 1.807) is 0 Å². The molecule has 0 radical (unpaired) electrons. The van der Waals surface area contributed by atoms with Crippen LogP contribution >= 0.6 is 0 Å². The Bertz CT molecular complexity index is 1070. The first-order chi connectivity index (χ1) is 14.7. The van der Waals surface area contributed by atoms with Crippen molar-refractivity contribution < 1.29 is 4.79 Å². The molecule has 5 rings (SSSR count). The van der Waals surface area contributed by atoms with Gasteiger partial charge in [0, 0.05) is 36.5 Å². The van der Waals surface area contributed by atoms with Crippen molar-refractivity contribution in [3.63, 3.8) is 0 Å². The lowest BCUT2D eigenvalue weighted by Crippen LogP contribution is -2.35. The largest absolute Gasteiger partial charge is 0.383 e. The molecule has 1 aromatic heterocycles. The molecular weight excluding hydrogens is 370 g/mol. The normalized spacial score (nSPS) is 18.3. The number of aryl methyl sites for hydroxylation is 2. The third-order valence-electron chi connectivity index (χ3n) is 6.65. The number of fused-ring (bicyclic) bond motifs is 3. The molecule has 1 unspecified atom stereocenters. The molecule has 4 heteroatoms. The zero-order valence-corrected chi connectivity index (χ0v) is 17.7. The second-order valence-electron chi connectivity index (χ2n) is 8.67. The molecular formula is C26H29N3O. The van der Waals surface area contributed by atoms with Crippen molar-refractivity contribution in [1.82, 2.24) is 9.88 Å². The van der Waals surface area contributed by atoms with Gasteiger partial charge in [-0.2, -0.15) is 0 Å². The molecule has 2 aliphatic rings. The van der Waals surface area contributed by atoms with E-state index in [2.05, 4.69) is 48.6 Å². The van der Waals surface area contributed by atoms with Gasteiger partial charge in [0.15, 0.2) is 0 Å². The van der Waals surface area contributed by atoms with Gasteiger partial charge in [-0.3, -0.25) is 9.78 Å². The number of amides is 1. The van der Waals surface area contributed by atoms with Crippen LogP contribution in [0.15, 0.2) is 48.5 Å². The van der Waals surface area contributed by atoms with Crippen LogP contribution in [0.5, 0.6) is 0 Å². The molecule has 0 bridgehead atoms. The molecule has 2 aliphatic heterocycles. The molecule has 0 aliphatic carbocycles. The quantitative estimate of drug-likeness (QED) is 0.646. The maximum absolute atomic E-state index is 13.1. The highest BCUT2D eigenvalue weighted by molar-refractivity contribution is 6.00. The summed E-state index contributed by atoms with van der Waals surface area (Å²) in [5, 5.41) is 4.74. The van der Waals surface area contributed by atoms with Gasteiger partial charge in [-0.25, -0.2) is 0 Å². The van der Waals surface area contributed by atoms with Crippen LogP contribution in [0.1, 0.15) is 58.8 Å². The lowest BCUT2D eigenvalue weighted by Gasteiger charge is -2.27. The number of likely N-dealkylation sites (tertiary alicyclic amines) is 1. The van der Waals surface area contributed by atoms with E-state index in [0.29, 0.717) is 5.92 Å². The first kappa shape index (κ1) is 19.1. The predicted octanol–water partition coefficient (Wildman–Crippen LogP) is 5.31. The van der Waals surface area contributed by atoms with Crippen molar-refractivity contribution in [2.45, 2.75) is 44.9 Å². The standard InChI is InChI=1S/C26H29N3O/c1-18-25-24(21(17-27-25)11-10-19-8-4-2-5-9-19)22-16-20(12-13-23(22)28-18)26(30)29-14-6-3-7-15-29/h2,4-5,8-9,12-13,16,21,27H,3,6-7,10-11,14-15,17H2,1H3. The number of nitrogens with one attached hydrogen (secondary N) is 1. The van der Waals surface area contributed by atoms with Gasteiger partial charge < -0.3 is 10.2 Å². The summed E-state index contributed by atoms with van der Waals surface area (Å²) in [7, 11) is 0. The molecule has 1 fully saturated rings. The molecule has 3 aromatic rings. The average molecular weight is 400 g/mol. The van der Waals surface area contributed by atoms with Gasteiger partial charge in [-0.15, -0.1) is 0 Å². The van der Waals surface area contributed by atoms with E-state index in [1.807, 2.05) is 17.0 Å². The Morgan fingerprint density at radius 3 is 2.70 bits per heavy atom. The maximum atomic E-state index is 13.1. The minimum Gasteiger partial charge on any atom is -0.383 e. The first-order valence-electron chi connectivity index (χ1n) is 11.2. The highest BCUT2D eigenvalue weighted by Gasteiger charge is 2.28. The Morgan fingerprint density at radius 1 is 1.10 bits per heavy atom.